The highest BCUT2D eigenvalue weighted by atomic mass is 35.5. The fourth-order valence-electron chi connectivity index (χ4n) is 1.68. The van der Waals surface area contributed by atoms with E-state index in [1.807, 2.05) is 0 Å². The summed E-state index contributed by atoms with van der Waals surface area (Å²) < 4.78 is 4.84. The molecule has 0 heterocycles. The number of hydrogen-bond donors (Lipinski definition) is 0. The van der Waals surface area contributed by atoms with E-state index in [0.717, 1.165) is 0 Å². The van der Waals surface area contributed by atoms with Crippen LogP contribution in [0.2, 0.25) is 10.0 Å². The van der Waals surface area contributed by atoms with Gasteiger partial charge in [0.2, 0.25) is 5.91 Å². The number of halogens is 2. The molecule has 1 rings (SSSR count). The van der Waals surface area contributed by atoms with Crippen LogP contribution in [-0.2, 0) is 20.7 Å². The highest BCUT2D eigenvalue weighted by molar-refractivity contribution is 6.35. The van der Waals surface area contributed by atoms with Gasteiger partial charge in [0, 0.05) is 16.6 Å². The van der Waals surface area contributed by atoms with Crippen molar-refractivity contribution >= 4 is 35.1 Å². The summed E-state index contributed by atoms with van der Waals surface area (Å²) in [7, 11) is 0. The van der Waals surface area contributed by atoms with E-state index in [4.69, 9.17) is 27.9 Å². The van der Waals surface area contributed by atoms with Crippen LogP contribution >= 0.6 is 23.2 Å². The van der Waals surface area contributed by atoms with Gasteiger partial charge in [-0.05, 0) is 31.5 Å². The highest BCUT2D eigenvalue weighted by Gasteiger charge is 2.17. The number of benzene rings is 1. The van der Waals surface area contributed by atoms with Crippen LogP contribution in [0.4, 0.5) is 0 Å². The highest BCUT2D eigenvalue weighted by Crippen LogP contribution is 2.21. The summed E-state index contributed by atoms with van der Waals surface area (Å²) in [6.45, 7) is 4.22. The summed E-state index contributed by atoms with van der Waals surface area (Å²) in [6, 6.07) is 4.98. The zero-order valence-electron chi connectivity index (χ0n) is 11.5. The molecule has 0 aliphatic rings. The minimum absolute atomic E-state index is 0.0472. The van der Waals surface area contributed by atoms with Crippen LogP contribution in [0.5, 0.6) is 0 Å². The van der Waals surface area contributed by atoms with Gasteiger partial charge < -0.3 is 9.64 Å². The van der Waals surface area contributed by atoms with Gasteiger partial charge in [0.1, 0.15) is 6.54 Å². The lowest BCUT2D eigenvalue weighted by molar-refractivity contribution is -0.148. The van der Waals surface area contributed by atoms with Crippen LogP contribution in [0, 0.1) is 0 Å². The van der Waals surface area contributed by atoms with E-state index in [1.54, 1.807) is 32.0 Å². The van der Waals surface area contributed by atoms with Gasteiger partial charge in [0.15, 0.2) is 0 Å². The zero-order valence-corrected chi connectivity index (χ0v) is 13.0. The predicted octanol–water partition coefficient (Wildman–Crippen LogP) is 2.95. The molecular formula is C14H17Cl2NO3. The van der Waals surface area contributed by atoms with E-state index in [0.29, 0.717) is 28.8 Å². The molecule has 0 spiro atoms. The minimum Gasteiger partial charge on any atom is -0.465 e. The lowest BCUT2D eigenvalue weighted by Crippen LogP contribution is -2.37. The van der Waals surface area contributed by atoms with Crippen molar-refractivity contribution < 1.29 is 14.3 Å². The molecule has 6 heteroatoms. The molecular weight excluding hydrogens is 301 g/mol. The van der Waals surface area contributed by atoms with E-state index in [1.165, 1.54) is 4.90 Å². The van der Waals surface area contributed by atoms with Crippen LogP contribution in [0.15, 0.2) is 18.2 Å². The summed E-state index contributed by atoms with van der Waals surface area (Å²) in [6.07, 6.45) is 0.128. The number of carbonyl (C=O) groups excluding carboxylic acids is 2. The molecule has 0 aliphatic carbocycles. The number of ether oxygens (including phenoxy) is 1. The maximum Gasteiger partial charge on any atom is 0.325 e. The first-order valence-electron chi connectivity index (χ1n) is 6.35. The largest absolute Gasteiger partial charge is 0.465 e. The molecule has 20 heavy (non-hydrogen) atoms. The number of esters is 1. The van der Waals surface area contributed by atoms with E-state index in [2.05, 4.69) is 0 Å². The quantitative estimate of drug-likeness (QED) is 0.758. The summed E-state index contributed by atoms with van der Waals surface area (Å²) >= 11 is 11.8. The Morgan fingerprint density at radius 1 is 1.25 bits per heavy atom. The second kappa shape index (κ2) is 8.12. The van der Waals surface area contributed by atoms with Crippen LogP contribution < -0.4 is 0 Å². The lowest BCUT2D eigenvalue weighted by atomic mass is 10.1. The number of carbonyl (C=O) groups is 2. The number of likely N-dealkylation sites (N-methyl/N-ethyl adjacent to an activating group) is 1. The van der Waals surface area contributed by atoms with Gasteiger partial charge in [-0.1, -0.05) is 29.3 Å². The maximum atomic E-state index is 12.1. The second-order valence-electron chi connectivity index (χ2n) is 4.13. The van der Waals surface area contributed by atoms with Crippen molar-refractivity contribution in [1.82, 2.24) is 4.90 Å². The average molecular weight is 318 g/mol. The third-order valence-corrected chi connectivity index (χ3v) is 3.30. The monoisotopic (exact) mass is 317 g/mol. The molecule has 0 bridgehead atoms. The summed E-state index contributed by atoms with van der Waals surface area (Å²) in [5, 5.41) is 0.961. The zero-order chi connectivity index (χ0) is 15.1. The van der Waals surface area contributed by atoms with E-state index in [9.17, 15) is 9.59 Å². The van der Waals surface area contributed by atoms with Crippen LogP contribution in [0.25, 0.3) is 0 Å². The number of hydrogen-bond acceptors (Lipinski definition) is 3. The molecule has 0 fully saturated rings. The molecule has 0 radical (unpaired) electrons. The Bertz CT molecular complexity index is 491. The Labute approximate surface area is 128 Å². The molecule has 0 N–H and O–H groups in total. The predicted molar refractivity (Wildman–Crippen MR) is 79.1 cm³/mol. The standard InChI is InChI=1S/C14H17Cl2NO3/c1-3-17(9-14(19)20-4-2)13(18)7-10-5-6-11(15)8-12(10)16/h5-6,8H,3-4,7,9H2,1-2H3. The van der Waals surface area contributed by atoms with Crippen LogP contribution in [-0.4, -0.2) is 36.5 Å². The van der Waals surface area contributed by atoms with Crippen molar-refractivity contribution in [3.8, 4) is 0 Å². The van der Waals surface area contributed by atoms with Crippen LogP contribution in [0.3, 0.4) is 0 Å². The van der Waals surface area contributed by atoms with Crippen molar-refractivity contribution in [3.05, 3.63) is 33.8 Å². The van der Waals surface area contributed by atoms with Gasteiger partial charge in [-0.2, -0.15) is 0 Å². The van der Waals surface area contributed by atoms with Crippen LogP contribution in [0.1, 0.15) is 19.4 Å². The molecule has 1 aromatic rings. The van der Waals surface area contributed by atoms with Gasteiger partial charge in [-0.25, -0.2) is 0 Å². The molecule has 0 aliphatic heterocycles. The Balaban J connectivity index is 2.69. The van der Waals surface area contributed by atoms with Crippen molar-refractivity contribution in [2.45, 2.75) is 20.3 Å². The molecule has 1 amide bonds. The van der Waals surface area contributed by atoms with Gasteiger partial charge in [-0.15, -0.1) is 0 Å². The molecule has 0 saturated carbocycles. The topological polar surface area (TPSA) is 46.6 Å². The fraction of sp³-hybridized carbons (Fsp3) is 0.429. The van der Waals surface area contributed by atoms with Crippen molar-refractivity contribution in [1.29, 1.82) is 0 Å². The summed E-state index contributed by atoms with van der Waals surface area (Å²) in [5.41, 5.74) is 0.684. The first-order valence-corrected chi connectivity index (χ1v) is 7.10. The smallest absolute Gasteiger partial charge is 0.325 e. The Hall–Kier alpha value is -1.26. The third-order valence-electron chi connectivity index (χ3n) is 2.72. The molecule has 110 valence electrons. The van der Waals surface area contributed by atoms with Crippen molar-refractivity contribution in [3.63, 3.8) is 0 Å². The van der Waals surface area contributed by atoms with Crippen molar-refractivity contribution in [2.75, 3.05) is 19.7 Å². The summed E-state index contributed by atoms with van der Waals surface area (Å²) in [5.74, 6) is -0.588. The molecule has 0 atom stereocenters. The Kier molecular flexibility index (Phi) is 6.82. The summed E-state index contributed by atoms with van der Waals surface area (Å²) in [4.78, 5) is 25.0. The SMILES string of the molecule is CCOC(=O)CN(CC)C(=O)Cc1ccc(Cl)cc1Cl. The van der Waals surface area contributed by atoms with Gasteiger partial charge >= 0.3 is 5.97 Å². The van der Waals surface area contributed by atoms with E-state index in [-0.39, 0.29) is 18.9 Å². The molecule has 0 unspecified atom stereocenters. The second-order valence-corrected chi connectivity index (χ2v) is 4.97. The maximum absolute atomic E-state index is 12.1. The Morgan fingerprint density at radius 2 is 1.95 bits per heavy atom. The van der Waals surface area contributed by atoms with Gasteiger partial charge in [-0.3, -0.25) is 9.59 Å². The number of rotatable bonds is 6. The normalized spacial score (nSPS) is 10.2. The lowest BCUT2D eigenvalue weighted by Gasteiger charge is -2.20. The number of amides is 1. The van der Waals surface area contributed by atoms with Gasteiger partial charge in [0.25, 0.3) is 0 Å². The molecule has 0 saturated heterocycles. The molecule has 1 aromatic carbocycles. The Morgan fingerprint density at radius 3 is 2.50 bits per heavy atom. The van der Waals surface area contributed by atoms with E-state index < -0.39 is 5.97 Å². The average Bonchev–Trinajstić information content (AvgIpc) is 2.39. The first-order chi connectivity index (χ1) is 9.47. The van der Waals surface area contributed by atoms with E-state index >= 15 is 0 Å². The van der Waals surface area contributed by atoms with Gasteiger partial charge in [0.05, 0.1) is 13.0 Å². The minimum atomic E-state index is -0.412. The third kappa shape index (κ3) is 5.02. The number of nitrogens with zero attached hydrogens (tertiary/aromatic N) is 1. The molecule has 4 nitrogen and oxygen atoms in total. The van der Waals surface area contributed by atoms with Crippen molar-refractivity contribution in [2.24, 2.45) is 0 Å². The fourth-order valence-corrected chi connectivity index (χ4v) is 2.15. The molecule has 0 aromatic heterocycles. The first kappa shape index (κ1) is 16.8.